The first-order valence-electron chi connectivity index (χ1n) is 5.75. The summed E-state index contributed by atoms with van der Waals surface area (Å²) in [6, 6.07) is 6.54. The minimum absolute atomic E-state index is 0.166. The Bertz CT molecular complexity index is 317. The number of hydrogen-bond acceptors (Lipinski definition) is 0. The molecule has 0 radical (unpaired) electrons. The zero-order valence-corrected chi connectivity index (χ0v) is 10.9. The molecule has 1 aromatic rings. The van der Waals surface area contributed by atoms with Gasteiger partial charge in [-0.05, 0) is 42.9 Å². The normalized spacial score (nSPS) is 15.0. The summed E-state index contributed by atoms with van der Waals surface area (Å²) in [5.74, 6) is 0.703. The largest absolute Gasteiger partial charge is 0.118 e. The minimum atomic E-state index is 0.166. The molecular formula is C14H21Cl. The Morgan fingerprint density at radius 3 is 2.40 bits per heavy atom. The lowest BCUT2D eigenvalue weighted by molar-refractivity contribution is 0.508. The molecule has 0 N–H and O–H groups in total. The molecule has 1 rings (SSSR count). The zero-order chi connectivity index (χ0) is 11.4. The van der Waals surface area contributed by atoms with Crippen LogP contribution >= 0.6 is 11.6 Å². The summed E-state index contributed by atoms with van der Waals surface area (Å²) in [5, 5.41) is 0.166. The van der Waals surface area contributed by atoms with Crippen LogP contribution in [-0.4, -0.2) is 0 Å². The van der Waals surface area contributed by atoms with Gasteiger partial charge >= 0.3 is 0 Å². The molecule has 2 atom stereocenters. The van der Waals surface area contributed by atoms with Crippen molar-refractivity contribution in [1.82, 2.24) is 0 Å². The highest BCUT2D eigenvalue weighted by atomic mass is 35.5. The van der Waals surface area contributed by atoms with E-state index in [4.69, 9.17) is 11.6 Å². The second-order valence-electron chi connectivity index (χ2n) is 4.56. The van der Waals surface area contributed by atoms with Crippen LogP contribution in [0.25, 0.3) is 0 Å². The van der Waals surface area contributed by atoms with Crippen LogP contribution in [0.5, 0.6) is 0 Å². The second-order valence-corrected chi connectivity index (χ2v) is 5.09. The van der Waals surface area contributed by atoms with Crippen molar-refractivity contribution < 1.29 is 0 Å². The average Bonchev–Trinajstić information content (AvgIpc) is 2.21. The van der Waals surface area contributed by atoms with E-state index in [1.54, 1.807) is 0 Å². The maximum absolute atomic E-state index is 6.40. The molecule has 0 saturated heterocycles. The van der Waals surface area contributed by atoms with Crippen LogP contribution < -0.4 is 0 Å². The lowest BCUT2D eigenvalue weighted by Crippen LogP contribution is -1.99. The van der Waals surface area contributed by atoms with E-state index in [2.05, 4.69) is 45.9 Å². The molecule has 0 saturated carbocycles. The molecule has 0 aliphatic rings. The zero-order valence-electron chi connectivity index (χ0n) is 10.2. The Morgan fingerprint density at radius 2 is 1.87 bits per heavy atom. The van der Waals surface area contributed by atoms with Crippen LogP contribution in [0.2, 0.25) is 0 Å². The molecule has 1 aromatic carbocycles. The highest BCUT2D eigenvalue weighted by Gasteiger charge is 2.11. The predicted molar refractivity (Wildman–Crippen MR) is 68.6 cm³/mol. The van der Waals surface area contributed by atoms with Gasteiger partial charge in [-0.3, -0.25) is 0 Å². The van der Waals surface area contributed by atoms with Crippen LogP contribution in [0.3, 0.4) is 0 Å². The quantitative estimate of drug-likeness (QED) is 0.630. The molecule has 1 heteroatoms. The van der Waals surface area contributed by atoms with Gasteiger partial charge in [0.1, 0.15) is 0 Å². The van der Waals surface area contributed by atoms with E-state index in [-0.39, 0.29) is 5.38 Å². The van der Waals surface area contributed by atoms with E-state index in [0.717, 1.165) is 6.42 Å². The Hall–Kier alpha value is -0.490. The topological polar surface area (TPSA) is 0 Å². The van der Waals surface area contributed by atoms with Crippen molar-refractivity contribution in [2.75, 3.05) is 0 Å². The first kappa shape index (κ1) is 12.6. The predicted octanol–water partition coefficient (Wildman–Crippen LogP) is 5.02. The maximum Gasteiger partial charge on any atom is 0.0587 e. The molecule has 0 aliphatic heterocycles. The lowest BCUT2D eigenvalue weighted by Gasteiger charge is -2.15. The number of aryl methyl sites for hydroxylation is 2. The molecule has 0 spiro atoms. The molecule has 15 heavy (non-hydrogen) atoms. The highest BCUT2D eigenvalue weighted by Crippen LogP contribution is 2.29. The molecule has 0 amide bonds. The Kier molecular flexibility index (Phi) is 4.66. The smallest absolute Gasteiger partial charge is 0.0587 e. The molecule has 84 valence electrons. The van der Waals surface area contributed by atoms with E-state index < -0.39 is 0 Å². The highest BCUT2D eigenvalue weighted by molar-refractivity contribution is 6.20. The van der Waals surface area contributed by atoms with Crippen molar-refractivity contribution in [3.05, 3.63) is 34.9 Å². The third kappa shape index (κ3) is 3.53. The van der Waals surface area contributed by atoms with Crippen molar-refractivity contribution >= 4 is 11.6 Å². The van der Waals surface area contributed by atoms with Gasteiger partial charge in [-0.2, -0.15) is 0 Å². The van der Waals surface area contributed by atoms with E-state index in [1.165, 1.54) is 23.1 Å². The fourth-order valence-corrected chi connectivity index (χ4v) is 2.06. The van der Waals surface area contributed by atoms with Crippen molar-refractivity contribution in [3.8, 4) is 0 Å². The molecule has 0 bridgehead atoms. The van der Waals surface area contributed by atoms with E-state index in [9.17, 15) is 0 Å². The molecule has 0 fully saturated rings. The van der Waals surface area contributed by atoms with Gasteiger partial charge in [-0.25, -0.2) is 0 Å². The summed E-state index contributed by atoms with van der Waals surface area (Å²) in [7, 11) is 0. The summed E-state index contributed by atoms with van der Waals surface area (Å²) in [4.78, 5) is 0. The maximum atomic E-state index is 6.40. The van der Waals surface area contributed by atoms with Gasteiger partial charge in [0.05, 0.1) is 5.38 Å². The lowest BCUT2D eigenvalue weighted by atomic mass is 9.96. The number of rotatable bonds is 4. The summed E-state index contributed by atoms with van der Waals surface area (Å²) < 4.78 is 0. The number of alkyl halides is 1. The van der Waals surface area contributed by atoms with E-state index >= 15 is 0 Å². The summed E-state index contributed by atoms with van der Waals surface area (Å²) in [6.07, 6.45) is 2.27. The molecule has 0 aliphatic carbocycles. The van der Waals surface area contributed by atoms with Crippen molar-refractivity contribution in [2.24, 2.45) is 5.92 Å². The molecule has 0 heterocycles. The summed E-state index contributed by atoms with van der Waals surface area (Å²) >= 11 is 6.40. The average molecular weight is 225 g/mol. The van der Waals surface area contributed by atoms with Crippen LogP contribution in [0, 0.1) is 19.8 Å². The van der Waals surface area contributed by atoms with Crippen molar-refractivity contribution in [3.63, 3.8) is 0 Å². The van der Waals surface area contributed by atoms with Gasteiger partial charge in [0.2, 0.25) is 0 Å². The Morgan fingerprint density at radius 1 is 1.20 bits per heavy atom. The molecule has 2 unspecified atom stereocenters. The van der Waals surface area contributed by atoms with Crippen LogP contribution in [0.4, 0.5) is 0 Å². The minimum Gasteiger partial charge on any atom is -0.118 e. The molecular weight excluding hydrogens is 204 g/mol. The van der Waals surface area contributed by atoms with Gasteiger partial charge in [0.15, 0.2) is 0 Å². The standard InChI is InChI=1S/C14H21Cl/c1-5-10(2)8-14(15)13-7-6-11(3)12(4)9-13/h6-7,9-10,14H,5,8H2,1-4H3. The second kappa shape index (κ2) is 5.55. The summed E-state index contributed by atoms with van der Waals surface area (Å²) in [6.45, 7) is 8.76. The van der Waals surface area contributed by atoms with E-state index in [1.807, 2.05) is 0 Å². The monoisotopic (exact) mass is 224 g/mol. The molecule has 0 nitrogen and oxygen atoms in total. The number of benzene rings is 1. The van der Waals surface area contributed by atoms with Crippen LogP contribution in [0.15, 0.2) is 18.2 Å². The Labute approximate surface area is 98.7 Å². The third-order valence-corrected chi connectivity index (χ3v) is 3.63. The van der Waals surface area contributed by atoms with Gasteiger partial charge in [0, 0.05) is 0 Å². The van der Waals surface area contributed by atoms with Gasteiger partial charge < -0.3 is 0 Å². The number of halogens is 1. The first-order chi connectivity index (χ1) is 7.04. The fraction of sp³-hybridized carbons (Fsp3) is 0.571. The summed E-state index contributed by atoms with van der Waals surface area (Å²) in [5.41, 5.74) is 3.94. The van der Waals surface area contributed by atoms with Crippen LogP contribution in [0.1, 0.15) is 48.8 Å². The van der Waals surface area contributed by atoms with Gasteiger partial charge in [-0.15, -0.1) is 11.6 Å². The van der Waals surface area contributed by atoms with Crippen LogP contribution in [-0.2, 0) is 0 Å². The third-order valence-electron chi connectivity index (χ3n) is 3.20. The Balaban J connectivity index is 2.73. The molecule has 0 aromatic heterocycles. The van der Waals surface area contributed by atoms with Crippen molar-refractivity contribution in [2.45, 2.75) is 45.9 Å². The van der Waals surface area contributed by atoms with Gasteiger partial charge in [0.25, 0.3) is 0 Å². The van der Waals surface area contributed by atoms with Gasteiger partial charge in [-0.1, -0.05) is 38.5 Å². The van der Waals surface area contributed by atoms with E-state index in [0.29, 0.717) is 5.92 Å². The first-order valence-corrected chi connectivity index (χ1v) is 6.19. The van der Waals surface area contributed by atoms with Crippen molar-refractivity contribution in [1.29, 1.82) is 0 Å². The number of hydrogen-bond donors (Lipinski definition) is 0. The fourth-order valence-electron chi connectivity index (χ4n) is 1.62. The SMILES string of the molecule is CCC(C)CC(Cl)c1ccc(C)c(C)c1.